The molecule has 2 unspecified atom stereocenters. The molecule has 3 aliphatic rings. The molecule has 2 bridgehead atoms. The van der Waals surface area contributed by atoms with Gasteiger partial charge in [0.25, 0.3) is 0 Å². The highest BCUT2D eigenvalue weighted by molar-refractivity contribution is 7.49. The van der Waals surface area contributed by atoms with Crippen molar-refractivity contribution in [3.8, 4) is 0 Å². The predicted octanol–water partition coefficient (Wildman–Crippen LogP) is 2.05. The van der Waals surface area contributed by atoms with Crippen molar-refractivity contribution >= 4 is 7.82 Å². The van der Waals surface area contributed by atoms with Gasteiger partial charge in [0.15, 0.2) is 5.60 Å². The smallest absolute Gasteiger partial charge is 0.363 e. The summed E-state index contributed by atoms with van der Waals surface area (Å²) in [5.41, 5.74) is -0.949. The van der Waals surface area contributed by atoms with E-state index in [4.69, 9.17) is 13.6 Å². The molecule has 1 saturated carbocycles. The minimum absolute atomic E-state index is 0.00618. The Morgan fingerprint density at radius 3 is 2.69 bits per heavy atom. The molecule has 0 amide bonds. The predicted molar refractivity (Wildman–Crippen MR) is 55.6 cm³/mol. The van der Waals surface area contributed by atoms with Gasteiger partial charge in [-0.15, -0.1) is 0 Å². The lowest BCUT2D eigenvalue weighted by Gasteiger charge is -2.49. The summed E-state index contributed by atoms with van der Waals surface area (Å²) in [4.78, 5) is 0. The molecule has 0 radical (unpaired) electrons. The molecule has 0 spiro atoms. The summed E-state index contributed by atoms with van der Waals surface area (Å²) >= 11 is 0. The Hall–Kier alpha value is 0.0700. The topological polar surface area (TPSA) is 65.0 Å². The maximum absolute atomic E-state index is 12.0. The van der Waals surface area contributed by atoms with Gasteiger partial charge in [0.05, 0.1) is 0 Å². The second-order valence-electron chi connectivity index (χ2n) is 5.50. The van der Waals surface area contributed by atoms with Crippen molar-refractivity contribution in [2.24, 2.45) is 11.8 Å². The van der Waals surface area contributed by atoms with Crippen molar-refractivity contribution in [3.63, 3.8) is 0 Å². The fourth-order valence-corrected chi connectivity index (χ4v) is 5.49. The highest BCUT2D eigenvalue weighted by atomic mass is 31.2. The van der Waals surface area contributed by atoms with E-state index in [1.54, 1.807) is 0 Å². The maximum atomic E-state index is 12.0. The minimum atomic E-state index is -3.52. The monoisotopic (exact) mass is 248 g/mol. The number of rotatable bonds is 1. The molecule has 2 aliphatic heterocycles. The number of aliphatic hydroxyl groups is 1. The lowest BCUT2D eigenvalue weighted by Crippen LogP contribution is -2.66. The molecular formula is C10H17O5P. The average Bonchev–Trinajstić information content (AvgIpc) is 2.48. The highest BCUT2D eigenvalue weighted by Crippen LogP contribution is 2.76. The number of phosphoric acid groups is 1. The van der Waals surface area contributed by atoms with Gasteiger partial charge in [-0.2, -0.15) is 0 Å². The van der Waals surface area contributed by atoms with Crippen LogP contribution in [-0.2, 0) is 18.1 Å². The normalized spacial score (nSPS) is 59.6. The second-order valence-corrected chi connectivity index (χ2v) is 6.97. The number of hydrogen-bond acceptors (Lipinski definition) is 5. The molecule has 0 aromatic rings. The van der Waals surface area contributed by atoms with Crippen LogP contribution < -0.4 is 0 Å². The third-order valence-electron chi connectivity index (χ3n) is 3.97. The molecule has 1 aliphatic carbocycles. The summed E-state index contributed by atoms with van der Waals surface area (Å²) in [5.74, 6) is -1.18. The maximum Gasteiger partial charge on any atom is 0.478 e. The fourth-order valence-electron chi connectivity index (χ4n) is 3.38. The summed E-state index contributed by atoms with van der Waals surface area (Å²) in [6, 6.07) is 0. The molecule has 92 valence electrons. The van der Waals surface area contributed by atoms with Gasteiger partial charge in [-0.1, -0.05) is 20.8 Å². The first-order valence-electron chi connectivity index (χ1n) is 5.74. The Morgan fingerprint density at radius 2 is 2.12 bits per heavy atom. The zero-order chi connectivity index (χ0) is 11.8. The van der Waals surface area contributed by atoms with E-state index in [1.165, 1.54) is 0 Å². The second kappa shape index (κ2) is 2.90. The van der Waals surface area contributed by atoms with Gasteiger partial charge < -0.3 is 5.11 Å². The molecule has 2 heterocycles. The summed E-state index contributed by atoms with van der Waals surface area (Å²) in [5, 5.41) is 10.6. The molecule has 3 fully saturated rings. The summed E-state index contributed by atoms with van der Waals surface area (Å²) in [6.45, 7) is 5.89. The van der Waals surface area contributed by atoms with E-state index in [0.717, 1.165) is 6.42 Å². The lowest BCUT2D eigenvalue weighted by atomic mass is 9.67. The Labute approximate surface area is 94.7 Å². The molecule has 6 heteroatoms. The first-order valence-corrected chi connectivity index (χ1v) is 7.20. The number of hydrogen-bond donors (Lipinski definition) is 1. The molecule has 3 rings (SSSR count). The lowest BCUT2D eigenvalue weighted by molar-refractivity contribution is -0.280. The third kappa shape index (κ3) is 1.08. The van der Waals surface area contributed by atoms with Crippen LogP contribution in [0.3, 0.4) is 0 Å². The van der Waals surface area contributed by atoms with Crippen LogP contribution in [-0.4, -0.2) is 22.6 Å². The molecule has 5 nitrogen and oxygen atoms in total. The van der Waals surface area contributed by atoms with Gasteiger partial charge in [0, 0.05) is 6.42 Å². The van der Waals surface area contributed by atoms with E-state index in [9.17, 15) is 9.67 Å². The minimum Gasteiger partial charge on any atom is -0.363 e. The Morgan fingerprint density at radius 1 is 1.44 bits per heavy atom. The van der Waals surface area contributed by atoms with E-state index < -0.39 is 19.2 Å². The van der Waals surface area contributed by atoms with Gasteiger partial charge in [-0.05, 0) is 18.3 Å². The summed E-state index contributed by atoms with van der Waals surface area (Å²) in [7, 11) is -3.52. The quantitative estimate of drug-likeness (QED) is 0.719. The van der Waals surface area contributed by atoms with Crippen LogP contribution in [0.4, 0.5) is 0 Å². The molecular weight excluding hydrogens is 231 g/mol. The van der Waals surface area contributed by atoms with Crippen molar-refractivity contribution in [2.45, 2.75) is 51.1 Å². The van der Waals surface area contributed by atoms with Crippen LogP contribution >= 0.6 is 7.82 Å². The van der Waals surface area contributed by atoms with Crippen LogP contribution in [0.15, 0.2) is 0 Å². The molecule has 1 N–H and O–H groups in total. The van der Waals surface area contributed by atoms with Crippen LogP contribution in [0.25, 0.3) is 0 Å². The van der Waals surface area contributed by atoms with Crippen molar-refractivity contribution in [2.75, 3.05) is 0 Å². The molecule has 5 atom stereocenters. The number of fused-ring (bicyclic) bond motifs is 1. The molecule has 0 aromatic carbocycles. The van der Waals surface area contributed by atoms with Crippen LogP contribution in [0, 0.1) is 11.8 Å². The van der Waals surface area contributed by atoms with E-state index in [2.05, 4.69) is 0 Å². The highest BCUT2D eigenvalue weighted by Gasteiger charge is 2.78. The zero-order valence-electron chi connectivity index (χ0n) is 9.67. The van der Waals surface area contributed by atoms with Gasteiger partial charge >= 0.3 is 7.82 Å². The Bertz CT molecular complexity index is 383. The zero-order valence-corrected chi connectivity index (χ0v) is 10.6. The van der Waals surface area contributed by atoms with Crippen molar-refractivity contribution < 1.29 is 23.2 Å². The largest absolute Gasteiger partial charge is 0.478 e. The Balaban J connectivity index is 2.13. The fraction of sp³-hybridized carbons (Fsp3) is 1.00. The van der Waals surface area contributed by atoms with E-state index in [1.807, 2.05) is 20.8 Å². The van der Waals surface area contributed by atoms with Crippen molar-refractivity contribution in [3.05, 3.63) is 0 Å². The van der Waals surface area contributed by atoms with E-state index in [0.29, 0.717) is 6.42 Å². The SMILES string of the molecule is CC(C)[C@]12OP3(=O)OC1C[C@@H](C)C[C@@]2(O)O3. The average molecular weight is 248 g/mol. The van der Waals surface area contributed by atoms with Gasteiger partial charge in [-0.25, -0.2) is 4.57 Å². The van der Waals surface area contributed by atoms with Crippen molar-refractivity contribution in [1.82, 2.24) is 0 Å². The summed E-state index contributed by atoms with van der Waals surface area (Å²) < 4.78 is 28.1. The standard InChI is InChI=1S/C10H17O5P/c1-6(2)10-8-4-7(3)5-9(10,11)14-16(12,13-8)15-10/h6-8,11H,4-5H2,1-3H3/t7-,8?,9-,10+,16?/m1/s1. The molecule has 0 aromatic heterocycles. The van der Waals surface area contributed by atoms with E-state index >= 15 is 0 Å². The molecule has 2 saturated heterocycles. The third-order valence-corrected chi connectivity index (χ3v) is 5.53. The van der Waals surface area contributed by atoms with Gasteiger partial charge in [0.1, 0.15) is 6.10 Å². The van der Waals surface area contributed by atoms with Crippen LogP contribution in [0.1, 0.15) is 33.6 Å². The molecule has 16 heavy (non-hydrogen) atoms. The summed E-state index contributed by atoms with van der Waals surface area (Å²) in [6.07, 6.45) is 0.893. The van der Waals surface area contributed by atoms with Gasteiger partial charge in [0.2, 0.25) is 5.79 Å². The first kappa shape index (κ1) is 11.2. The van der Waals surface area contributed by atoms with Crippen molar-refractivity contribution in [1.29, 1.82) is 0 Å². The van der Waals surface area contributed by atoms with Crippen LogP contribution in [0.2, 0.25) is 0 Å². The van der Waals surface area contributed by atoms with E-state index in [-0.39, 0.29) is 17.9 Å². The van der Waals surface area contributed by atoms with Crippen LogP contribution in [0.5, 0.6) is 0 Å². The first-order chi connectivity index (χ1) is 7.31. The number of phosphoric ester groups is 1. The van der Waals surface area contributed by atoms with Gasteiger partial charge in [-0.3, -0.25) is 13.6 Å². The Kier molecular flexibility index (Phi) is 2.03.